The molecule has 0 atom stereocenters. The fourth-order valence-corrected chi connectivity index (χ4v) is 4.67. The number of hydrazone groups is 1. The molecule has 2 aliphatic heterocycles. The first kappa shape index (κ1) is 26.5. The Balaban J connectivity index is 1.44. The molecule has 0 saturated carbocycles. The Kier molecular flexibility index (Phi) is 8.66. The molecule has 0 saturated heterocycles. The second-order valence-electron chi connectivity index (χ2n) is 8.70. The molecule has 0 aliphatic carbocycles. The summed E-state index contributed by atoms with van der Waals surface area (Å²) < 4.78 is 17.5. The monoisotopic (exact) mass is 520 g/mol. The van der Waals surface area contributed by atoms with Gasteiger partial charge in [0, 0.05) is 0 Å². The zero-order chi connectivity index (χ0) is 26.4. The Morgan fingerprint density at radius 2 is 1.81 bits per heavy atom. The highest BCUT2D eigenvalue weighted by Gasteiger charge is 2.35. The number of hydrogen-bond acceptors (Lipinski definition) is 7. The van der Waals surface area contributed by atoms with Crippen LogP contribution < -0.4 is 14.2 Å². The standard InChI is InChI=1S/C28H32N4O4S/c1-5-7-8-25-31-32-26(29)22(27(33)30-28(32)37-25)16-20-10-12-23(24(17-20)34-6-2)36-14-13-35-21-11-9-18(3)19(4)15-21/h9-12,15-17,29H,5-8,13-14H2,1-4H3. The van der Waals surface area contributed by atoms with Crippen molar-refractivity contribution >= 4 is 39.8 Å². The molecule has 0 unspecified atom stereocenters. The van der Waals surface area contributed by atoms with Crippen LogP contribution >= 0.6 is 11.8 Å². The number of amides is 1. The van der Waals surface area contributed by atoms with E-state index in [1.807, 2.05) is 31.2 Å². The molecule has 2 heterocycles. The molecule has 0 bridgehead atoms. The Morgan fingerprint density at radius 1 is 1.00 bits per heavy atom. The molecule has 2 aliphatic rings. The first-order chi connectivity index (χ1) is 17.9. The van der Waals surface area contributed by atoms with E-state index in [1.165, 1.54) is 27.9 Å². The average Bonchev–Trinajstić information content (AvgIpc) is 3.29. The normalized spacial score (nSPS) is 16.0. The number of ether oxygens (including phenoxy) is 3. The number of carbonyl (C=O) groups is 1. The lowest BCUT2D eigenvalue weighted by Crippen LogP contribution is -2.35. The van der Waals surface area contributed by atoms with Gasteiger partial charge in [0.05, 0.1) is 12.2 Å². The number of aliphatic imine (C=N–C) groups is 1. The first-order valence-electron chi connectivity index (χ1n) is 12.5. The van der Waals surface area contributed by atoms with Gasteiger partial charge in [0.1, 0.15) is 24.0 Å². The van der Waals surface area contributed by atoms with E-state index in [-0.39, 0.29) is 11.4 Å². The third-order valence-electron chi connectivity index (χ3n) is 5.91. The van der Waals surface area contributed by atoms with Gasteiger partial charge in [0.25, 0.3) is 5.91 Å². The Morgan fingerprint density at radius 3 is 2.57 bits per heavy atom. The van der Waals surface area contributed by atoms with Gasteiger partial charge in [-0.15, -0.1) is 0 Å². The Hall–Kier alpha value is -3.59. The second kappa shape index (κ2) is 12.1. The minimum atomic E-state index is -0.447. The minimum absolute atomic E-state index is 0.0239. The molecule has 8 nitrogen and oxygen atoms in total. The molecule has 0 spiro atoms. The number of thioether (sulfide) groups is 1. The molecule has 2 aromatic carbocycles. The van der Waals surface area contributed by atoms with Crippen LogP contribution in [0.5, 0.6) is 17.2 Å². The highest BCUT2D eigenvalue weighted by atomic mass is 32.2. The fraction of sp³-hybridized carbons (Fsp3) is 0.357. The number of amidine groups is 2. The van der Waals surface area contributed by atoms with Crippen molar-refractivity contribution in [3.8, 4) is 17.2 Å². The summed E-state index contributed by atoms with van der Waals surface area (Å²) >= 11 is 1.36. The molecule has 9 heteroatoms. The van der Waals surface area contributed by atoms with E-state index < -0.39 is 5.91 Å². The summed E-state index contributed by atoms with van der Waals surface area (Å²) in [7, 11) is 0. The lowest BCUT2D eigenvalue weighted by molar-refractivity contribution is -0.114. The van der Waals surface area contributed by atoms with E-state index >= 15 is 0 Å². The highest BCUT2D eigenvalue weighted by Crippen LogP contribution is 2.32. The van der Waals surface area contributed by atoms with E-state index in [0.717, 1.165) is 30.1 Å². The van der Waals surface area contributed by atoms with E-state index in [1.54, 1.807) is 18.2 Å². The maximum atomic E-state index is 12.7. The van der Waals surface area contributed by atoms with Gasteiger partial charge in [-0.25, -0.2) is 0 Å². The number of carbonyl (C=O) groups excluding carboxylic acids is 1. The third-order valence-corrected chi connectivity index (χ3v) is 6.88. The number of unbranched alkanes of at least 4 members (excludes halogenated alkanes) is 1. The molecule has 4 rings (SSSR count). The highest BCUT2D eigenvalue weighted by molar-refractivity contribution is 8.26. The van der Waals surface area contributed by atoms with Crippen LogP contribution in [0.3, 0.4) is 0 Å². The van der Waals surface area contributed by atoms with Crippen molar-refractivity contribution in [2.75, 3.05) is 19.8 Å². The number of nitrogens with one attached hydrogen (secondary N) is 1. The van der Waals surface area contributed by atoms with Gasteiger partial charge in [-0.05, 0) is 92.4 Å². The topological polar surface area (TPSA) is 96.6 Å². The van der Waals surface area contributed by atoms with Crippen LogP contribution in [0.1, 0.15) is 49.8 Å². The van der Waals surface area contributed by atoms with Crippen molar-refractivity contribution in [1.82, 2.24) is 5.01 Å². The first-order valence-corrected chi connectivity index (χ1v) is 13.3. The van der Waals surface area contributed by atoms with Crippen LogP contribution in [0.15, 0.2) is 52.1 Å². The smallest absolute Gasteiger partial charge is 0.283 e. The number of hydrogen-bond donors (Lipinski definition) is 1. The summed E-state index contributed by atoms with van der Waals surface area (Å²) in [6.45, 7) is 9.33. The van der Waals surface area contributed by atoms with Crippen LogP contribution in [0.25, 0.3) is 6.08 Å². The van der Waals surface area contributed by atoms with Crippen LogP contribution in [0.4, 0.5) is 0 Å². The van der Waals surface area contributed by atoms with Crippen molar-refractivity contribution < 1.29 is 19.0 Å². The van der Waals surface area contributed by atoms with Crippen molar-refractivity contribution in [2.24, 2.45) is 10.1 Å². The van der Waals surface area contributed by atoms with Gasteiger partial charge in [0.2, 0.25) is 5.17 Å². The summed E-state index contributed by atoms with van der Waals surface area (Å²) in [5.41, 5.74) is 3.29. The Labute approximate surface area is 221 Å². The number of fused-ring (bicyclic) bond motifs is 1. The maximum Gasteiger partial charge on any atom is 0.283 e. The van der Waals surface area contributed by atoms with Gasteiger partial charge >= 0.3 is 0 Å². The van der Waals surface area contributed by atoms with Crippen LogP contribution in [0.2, 0.25) is 0 Å². The predicted octanol–water partition coefficient (Wildman–Crippen LogP) is 5.97. The van der Waals surface area contributed by atoms with Gasteiger partial charge in [0.15, 0.2) is 17.3 Å². The van der Waals surface area contributed by atoms with Crippen LogP contribution in [0, 0.1) is 19.3 Å². The quantitative estimate of drug-likeness (QED) is 0.290. The molecular weight excluding hydrogens is 488 g/mol. The average molecular weight is 521 g/mol. The summed E-state index contributed by atoms with van der Waals surface area (Å²) in [4.78, 5) is 16.9. The van der Waals surface area contributed by atoms with E-state index in [2.05, 4.69) is 30.9 Å². The van der Waals surface area contributed by atoms with Crippen molar-refractivity contribution in [2.45, 2.75) is 47.0 Å². The van der Waals surface area contributed by atoms with E-state index in [4.69, 9.17) is 19.6 Å². The lowest BCUT2D eigenvalue weighted by atomic mass is 10.1. The van der Waals surface area contributed by atoms with E-state index in [9.17, 15) is 4.79 Å². The number of benzene rings is 2. The number of aryl methyl sites for hydroxylation is 2. The largest absolute Gasteiger partial charge is 0.490 e. The molecular formula is C28H32N4O4S. The van der Waals surface area contributed by atoms with Crippen molar-refractivity contribution in [3.05, 3.63) is 58.7 Å². The summed E-state index contributed by atoms with van der Waals surface area (Å²) in [5, 5.41) is 15.8. The lowest BCUT2D eigenvalue weighted by Gasteiger charge is -2.20. The Bertz CT molecular complexity index is 1280. The zero-order valence-corrected chi connectivity index (χ0v) is 22.5. The fourth-order valence-electron chi connectivity index (χ4n) is 3.74. The van der Waals surface area contributed by atoms with Crippen LogP contribution in [-0.4, -0.2) is 46.8 Å². The molecule has 0 fully saturated rings. The molecule has 1 amide bonds. The molecule has 37 heavy (non-hydrogen) atoms. The summed E-state index contributed by atoms with van der Waals surface area (Å²) in [5.74, 6) is 1.52. The molecule has 1 N–H and O–H groups in total. The van der Waals surface area contributed by atoms with Crippen LogP contribution in [-0.2, 0) is 4.79 Å². The van der Waals surface area contributed by atoms with Gasteiger partial charge in [-0.2, -0.15) is 15.1 Å². The molecule has 0 aromatic heterocycles. The summed E-state index contributed by atoms with van der Waals surface area (Å²) in [6.07, 6.45) is 4.51. The minimum Gasteiger partial charge on any atom is -0.490 e. The maximum absolute atomic E-state index is 12.7. The molecule has 2 aromatic rings. The van der Waals surface area contributed by atoms with E-state index in [0.29, 0.717) is 42.1 Å². The zero-order valence-electron chi connectivity index (χ0n) is 21.7. The molecule has 194 valence electrons. The third kappa shape index (κ3) is 6.40. The van der Waals surface area contributed by atoms with Gasteiger partial charge < -0.3 is 14.2 Å². The SMILES string of the molecule is CCCCC1=NN2C(=N)C(=Cc3ccc(OCCOc4ccc(C)c(C)c4)c(OCC)c3)C(=O)N=C2S1. The van der Waals surface area contributed by atoms with Crippen molar-refractivity contribution in [1.29, 1.82) is 5.41 Å². The number of rotatable bonds is 11. The summed E-state index contributed by atoms with van der Waals surface area (Å²) in [6, 6.07) is 11.4. The number of nitrogens with zero attached hydrogens (tertiary/aromatic N) is 3. The second-order valence-corrected chi connectivity index (χ2v) is 9.74. The van der Waals surface area contributed by atoms with Gasteiger partial charge in [-0.1, -0.05) is 25.5 Å². The predicted molar refractivity (Wildman–Crippen MR) is 149 cm³/mol. The van der Waals surface area contributed by atoms with Gasteiger partial charge in [-0.3, -0.25) is 10.2 Å². The van der Waals surface area contributed by atoms with Crippen molar-refractivity contribution in [3.63, 3.8) is 0 Å². The molecule has 0 radical (unpaired) electrons.